The van der Waals surface area contributed by atoms with Gasteiger partial charge in [-0.15, -0.1) is 0 Å². The Morgan fingerprint density at radius 3 is 2.92 bits per heavy atom. The van der Waals surface area contributed by atoms with Gasteiger partial charge in [-0.2, -0.15) is 0 Å². The first kappa shape index (κ1) is 7.35. The van der Waals surface area contributed by atoms with Gasteiger partial charge >= 0.3 is 0 Å². The summed E-state index contributed by atoms with van der Waals surface area (Å²) >= 11 is 0. The molecule has 0 aromatic heterocycles. The van der Waals surface area contributed by atoms with Crippen LogP contribution in [-0.4, -0.2) is 11.8 Å². The van der Waals surface area contributed by atoms with Gasteiger partial charge in [-0.25, -0.2) is 0 Å². The summed E-state index contributed by atoms with van der Waals surface area (Å²) in [7, 11) is 0. The Kier molecular flexibility index (Phi) is 1.61. The minimum atomic E-state index is 0.0139. The molecule has 0 fully saturated rings. The van der Waals surface area contributed by atoms with Gasteiger partial charge in [0.15, 0.2) is 5.78 Å². The number of nitrogens with one attached hydrogen (secondary N) is 1. The zero-order valence-corrected chi connectivity index (χ0v) is 6.95. The Labute approximate surface area is 71.7 Å². The molecule has 0 saturated heterocycles. The molecule has 0 radical (unpaired) electrons. The lowest BCUT2D eigenvalue weighted by Crippen LogP contribution is -2.40. The van der Waals surface area contributed by atoms with Crippen LogP contribution in [0.1, 0.15) is 6.92 Å². The van der Waals surface area contributed by atoms with Crippen LogP contribution in [0.5, 0.6) is 0 Å². The molecule has 1 heterocycles. The number of Topliss-reactive ketones (excluding diaryl/α,β-unsaturated/α-hetero) is 1. The van der Waals surface area contributed by atoms with Crippen LogP contribution in [0.15, 0.2) is 36.1 Å². The maximum Gasteiger partial charge on any atom is 0.169 e. The number of rotatable bonds is 0. The lowest BCUT2D eigenvalue weighted by molar-refractivity contribution is -0.118. The van der Waals surface area contributed by atoms with Crippen molar-refractivity contribution in [2.24, 2.45) is 5.92 Å². The maximum atomic E-state index is 11.6. The smallest absolute Gasteiger partial charge is 0.169 e. The van der Waals surface area contributed by atoms with Gasteiger partial charge < -0.3 is 5.32 Å². The highest BCUT2D eigenvalue weighted by atomic mass is 16.1. The van der Waals surface area contributed by atoms with Crippen molar-refractivity contribution >= 4 is 5.78 Å². The van der Waals surface area contributed by atoms with Crippen molar-refractivity contribution in [3.05, 3.63) is 36.1 Å². The Bertz CT molecular complexity index is 299. The Hall–Kier alpha value is -1.31. The third kappa shape index (κ3) is 0.998. The fourth-order valence-corrected chi connectivity index (χ4v) is 1.57. The normalized spacial score (nSPS) is 32.4. The Morgan fingerprint density at radius 2 is 2.08 bits per heavy atom. The minimum absolute atomic E-state index is 0.0139. The van der Waals surface area contributed by atoms with E-state index in [1.165, 1.54) is 0 Å². The molecule has 12 heavy (non-hydrogen) atoms. The second kappa shape index (κ2) is 2.63. The number of carbonyl (C=O) groups is 1. The highest BCUT2D eigenvalue weighted by Gasteiger charge is 2.28. The molecule has 1 aliphatic heterocycles. The molecule has 0 bridgehead atoms. The monoisotopic (exact) mass is 161 g/mol. The maximum absolute atomic E-state index is 11.6. The highest BCUT2D eigenvalue weighted by molar-refractivity contribution is 5.99. The second-order valence-electron chi connectivity index (χ2n) is 3.18. The summed E-state index contributed by atoms with van der Waals surface area (Å²) in [4.78, 5) is 11.6. The van der Waals surface area contributed by atoms with Crippen LogP contribution in [-0.2, 0) is 4.79 Å². The third-order valence-electron chi connectivity index (χ3n) is 2.32. The van der Waals surface area contributed by atoms with Crippen molar-refractivity contribution in [3.8, 4) is 0 Å². The van der Waals surface area contributed by atoms with E-state index in [-0.39, 0.29) is 17.7 Å². The quantitative estimate of drug-likeness (QED) is 0.578. The van der Waals surface area contributed by atoms with Gasteiger partial charge in [-0.3, -0.25) is 4.79 Å². The topological polar surface area (TPSA) is 29.1 Å². The van der Waals surface area contributed by atoms with Crippen LogP contribution in [0, 0.1) is 5.92 Å². The Morgan fingerprint density at radius 1 is 1.33 bits per heavy atom. The molecular weight excluding hydrogens is 150 g/mol. The fraction of sp³-hybridized carbons (Fsp3) is 0.300. The van der Waals surface area contributed by atoms with Crippen molar-refractivity contribution in [2.75, 3.05) is 0 Å². The van der Waals surface area contributed by atoms with Crippen LogP contribution in [0.4, 0.5) is 0 Å². The molecule has 2 unspecified atom stereocenters. The van der Waals surface area contributed by atoms with Gasteiger partial charge in [0.2, 0.25) is 0 Å². The predicted octanol–water partition coefficient (Wildman–Crippen LogP) is 1.17. The van der Waals surface area contributed by atoms with E-state index in [1.54, 1.807) is 6.20 Å². The molecule has 1 aliphatic carbocycles. The van der Waals surface area contributed by atoms with Crippen molar-refractivity contribution in [1.29, 1.82) is 0 Å². The van der Waals surface area contributed by atoms with Crippen molar-refractivity contribution in [2.45, 2.75) is 13.0 Å². The molecule has 2 aliphatic rings. The summed E-state index contributed by atoms with van der Waals surface area (Å²) in [5.41, 5.74) is 0.816. The number of hydrogen-bond donors (Lipinski definition) is 1. The van der Waals surface area contributed by atoms with Crippen LogP contribution in [0.25, 0.3) is 0 Å². The molecule has 0 saturated carbocycles. The van der Waals surface area contributed by atoms with E-state index in [4.69, 9.17) is 0 Å². The van der Waals surface area contributed by atoms with Gasteiger partial charge in [0.1, 0.15) is 0 Å². The zero-order chi connectivity index (χ0) is 8.55. The molecule has 0 spiro atoms. The van der Waals surface area contributed by atoms with Crippen molar-refractivity contribution in [1.82, 2.24) is 5.32 Å². The zero-order valence-electron chi connectivity index (χ0n) is 6.95. The van der Waals surface area contributed by atoms with Gasteiger partial charge in [-0.1, -0.05) is 24.3 Å². The SMILES string of the molecule is CC1=CNC2C=CC=CC2C1=O. The molecule has 2 atom stereocenters. The van der Waals surface area contributed by atoms with E-state index in [9.17, 15) is 4.79 Å². The van der Waals surface area contributed by atoms with E-state index in [0.29, 0.717) is 0 Å². The largest absolute Gasteiger partial charge is 0.383 e. The van der Waals surface area contributed by atoms with Crippen molar-refractivity contribution in [3.63, 3.8) is 0 Å². The highest BCUT2D eigenvalue weighted by Crippen LogP contribution is 2.20. The lowest BCUT2D eigenvalue weighted by atomic mass is 9.86. The first-order chi connectivity index (χ1) is 5.79. The first-order valence-electron chi connectivity index (χ1n) is 4.11. The summed E-state index contributed by atoms with van der Waals surface area (Å²) in [6.45, 7) is 1.84. The Balaban J connectivity index is 2.33. The van der Waals surface area contributed by atoms with Gasteiger partial charge in [0.25, 0.3) is 0 Å². The molecule has 2 heteroatoms. The molecule has 0 amide bonds. The average Bonchev–Trinajstić information content (AvgIpc) is 2.12. The molecule has 2 nitrogen and oxygen atoms in total. The summed E-state index contributed by atoms with van der Waals surface area (Å²) in [6.07, 6.45) is 9.67. The number of ketones is 1. The number of hydrogen-bond acceptors (Lipinski definition) is 2. The lowest BCUT2D eigenvalue weighted by Gasteiger charge is -2.27. The van der Waals surface area contributed by atoms with Gasteiger partial charge in [0.05, 0.1) is 12.0 Å². The summed E-state index contributed by atoms with van der Waals surface area (Å²) in [5.74, 6) is 0.249. The number of carbonyl (C=O) groups excluding carboxylic acids is 1. The molecule has 0 aromatic rings. The van der Waals surface area contributed by atoms with E-state index in [1.807, 2.05) is 31.2 Å². The minimum Gasteiger partial charge on any atom is -0.383 e. The molecule has 0 aromatic carbocycles. The first-order valence-corrected chi connectivity index (χ1v) is 4.11. The van der Waals surface area contributed by atoms with Crippen LogP contribution >= 0.6 is 0 Å². The van der Waals surface area contributed by atoms with Crippen LogP contribution < -0.4 is 5.32 Å². The van der Waals surface area contributed by atoms with Gasteiger partial charge in [0, 0.05) is 11.8 Å². The van der Waals surface area contributed by atoms with Gasteiger partial charge in [-0.05, 0) is 6.92 Å². The second-order valence-corrected chi connectivity index (χ2v) is 3.18. The van der Waals surface area contributed by atoms with E-state index in [2.05, 4.69) is 5.32 Å². The average molecular weight is 161 g/mol. The third-order valence-corrected chi connectivity index (χ3v) is 2.32. The molecular formula is C10H11NO. The molecule has 2 rings (SSSR count). The van der Waals surface area contributed by atoms with Crippen LogP contribution in [0.2, 0.25) is 0 Å². The van der Waals surface area contributed by atoms with Crippen LogP contribution in [0.3, 0.4) is 0 Å². The van der Waals surface area contributed by atoms with E-state index in [0.717, 1.165) is 5.57 Å². The summed E-state index contributed by atoms with van der Waals surface area (Å²) < 4.78 is 0. The standard InChI is InChI=1S/C10H11NO/c1-7-6-11-9-5-3-2-4-8(9)10(7)12/h2-6,8-9,11H,1H3. The van der Waals surface area contributed by atoms with E-state index >= 15 is 0 Å². The van der Waals surface area contributed by atoms with E-state index < -0.39 is 0 Å². The summed E-state index contributed by atoms with van der Waals surface area (Å²) in [5, 5.41) is 3.18. The number of allylic oxidation sites excluding steroid dienone is 3. The molecule has 1 N–H and O–H groups in total. The predicted molar refractivity (Wildman–Crippen MR) is 47.5 cm³/mol. The van der Waals surface area contributed by atoms with Crippen molar-refractivity contribution < 1.29 is 4.79 Å². The fourth-order valence-electron chi connectivity index (χ4n) is 1.57. The summed E-state index contributed by atoms with van der Waals surface area (Å²) in [6, 6.07) is 0.172. The number of fused-ring (bicyclic) bond motifs is 1. The molecule has 62 valence electrons.